The highest BCUT2D eigenvalue weighted by molar-refractivity contribution is 7.20. The van der Waals surface area contributed by atoms with Gasteiger partial charge in [-0.2, -0.15) is 4.68 Å². The third-order valence-electron chi connectivity index (χ3n) is 5.03. The Hall–Kier alpha value is -3.72. The van der Waals surface area contributed by atoms with Gasteiger partial charge in [0.25, 0.3) is 5.56 Å². The maximum absolute atomic E-state index is 13.4. The van der Waals surface area contributed by atoms with Gasteiger partial charge in [-0.3, -0.25) is 19.7 Å². The number of carbonyl (C=O) groups excluding carboxylic acids is 1. The molecule has 0 saturated heterocycles. The predicted octanol–water partition coefficient (Wildman–Crippen LogP) is 3.51. The van der Waals surface area contributed by atoms with Crippen molar-refractivity contribution in [2.45, 2.75) is 19.9 Å². The molecule has 0 bridgehead atoms. The van der Waals surface area contributed by atoms with Crippen LogP contribution in [-0.4, -0.2) is 40.7 Å². The van der Waals surface area contributed by atoms with Crippen LogP contribution >= 0.6 is 11.3 Å². The van der Waals surface area contributed by atoms with Crippen LogP contribution in [0.1, 0.15) is 23.7 Å². The van der Waals surface area contributed by atoms with Crippen LogP contribution in [0.5, 0.6) is 5.75 Å². The summed E-state index contributed by atoms with van der Waals surface area (Å²) in [7, 11) is 2.92. The standard InChI is InChI=1S/C23H22N4O4S/c1-14(24-13-15-8-4-6-10-18(15)30-2)21-17(12-20(28)31-3)26-27(22(21)29)23-25-16-9-5-7-11-19(16)32-23/h4-11,26H,12-13H2,1-3H3. The number of carbonyl (C=O) groups is 1. The molecule has 164 valence electrons. The van der Waals surface area contributed by atoms with E-state index in [9.17, 15) is 9.59 Å². The molecule has 0 aliphatic carbocycles. The number of nitrogens with zero attached hydrogens (tertiary/aromatic N) is 3. The van der Waals surface area contributed by atoms with Crippen molar-refractivity contribution in [1.29, 1.82) is 0 Å². The molecule has 0 atom stereocenters. The van der Waals surface area contributed by atoms with Crippen LogP contribution < -0.4 is 10.3 Å². The number of H-pyrrole nitrogens is 1. The van der Waals surface area contributed by atoms with Gasteiger partial charge in [0, 0.05) is 11.3 Å². The molecule has 0 unspecified atom stereocenters. The fourth-order valence-corrected chi connectivity index (χ4v) is 4.33. The molecule has 2 aromatic heterocycles. The largest absolute Gasteiger partial charge is 0.496 e. The van der Waals surface area contributed by atoms with Gasteiger partial charge in [-0.15, -0.1) is 0 Å². The Labute approximate surface area is 188 Å². The van der Waals surface area contributed by atoms with E-state index in [2.05, 4.69) is 15.1 Å². The van der Waals surface area contributed by atoms with Gasteiger partial charge in [0.1, 0.15) is 5.75 Å². The van der Waals surface area contributed by atoms with Crippen LogP contribution in [0.15, 0.2) is 58.3 Å². The average molecular weight is 451 g/mol. The zero-order valence-electron chi connectivity index (χ0n) is 17.9. The number of nitrogens with one attached hydrogen (secondary N) is 1. The van der Waals surface area contributed by atoms with Crippen molar-refractivity contribution >= 4 is 33.2 Å². The lowest BCUT2D eigenvalue weighted by atomic mass is 10.1. The number of ether oxygens (including phenoxy) is 2. The maximum atomic E-state index is 13.4. The Bertz CT molecular complexity index is 1330. The first-order chi connectivity index (χ1) is 15.5. The molecule has 0 fully saturated rings. The number of para-hydroxylation sites is 2. The minimum absolute atomic E-state index is 0.0829. The number of hydrogen-bond donors (Lipinski definition) is 1. The second-order valence-electron chi connectivity index (χ2n) is 7.04. The summed E-state index contributed by atoms with van der Waals surface area (Å²) in [5.74, 6) is 0.265. The molecule has 0 aliphatic rings. The molecule has 2 aromatic carbocycles. The first kappa shape index (κ1) is 21.5. The molecule has 4 rings (SSSR count). The van der Waals surface area contributed by atoms with Crippen molar-refractivity contribution in [2.24, 2.45) is 4.99 Å². The van der Waals surface area contributed by atoms with Crippen molar-refractivity contribution in [3.05, 3.63) is 75.7 Å². The van der Waals surface area contributed by atoms with Crippen LogP contribution in [0.25, 0.3) is 15.3 Å². The number of thiazole rings is 1. The summed E-state index contributed by atoms with van der Waals surface area (Å²) in [4.78, 5) is 34.5. The van der Waals surface area contributed by atoms with Gasteiger partial charge < -0.3 is 9.47 Å². The average Bonchev–Trinajstić information content (AvgIpc) is 3.38. The third-order valence-corrected chi connectivity index (χ3v) is 6.05. The lowest BCUT2D eigenvalue weighted by Gasteiger charge is -2.06. The van der Waals surface area contributed by atoms with Gasteiger partial charge in [0.15, 0.2) is 0 Å². The van der Waals surface area contributed by atoms with E-state index < -0.39 is 5.97 Å². The van der Waals surface area contributed by atoms with Gasteiger partial charge in [-0.25, -0.2) is 4.98 Å². The highest BCUT2D eigenvalue weighted by Crippen LogP contribution is 2.24. The van der Waals surface area contributed by atoms with E-state index in [0.717, 1.165) is 21.5 Å². The van der Waals surface area contributed by atoms with Crippen LogP contribution in [0.4, 0.5) is 0 Å². The highest BCUT2D eigenvalue weighted by Gasteiger charge is 2.22. The Morgan fingerprint density at radius 3 is 2.66 bits per heavy atom. The van der Waals surface area contributed by atoms with Crippen molar-refractivity contribution in [2.75, 3.05) is 14.2 Å². The number of rotatable bonds is 7. The molecule has 4 aromatic rings. The molecular formula is C23H22N4O4S. The Morgan fingerprint density at radius 2 is 1.91 bits per heavy atom. The number of aromatic nitrogens is 3. The summed E-state index contributed by atoms with van der Waals surface area (Å²) in [6.07, 6.45) is -0.0829. The molecule has 0 spiro atoms. The van der Waals surface area contributed by atoms with Crippen LogP contribution in [0, 0.1) is 0 Å². The number of methoxy groups -OCH3 is 2. The second-order valence-corrected chi connectivity index (χ2v) is 8.05. The molecule has 0 radical (unpaired) electrons. The minimum Gasteiger partial charge on any atom is -0.496 e. The smallest absolute Gasteiger partial charge is 0.311 e. The Kier molecular flexibility index (Phi) is 6.18. The molecule has 0 aliphatic heterocycles. The molecule has 32 heavy (non-hydrogen) atoms. The minimum atomic E-state index is -0.457. The fraction of sp³-hybridized carbons (Fsp3) is 0.217. The molecule has 9 heteroatoms. The monoisotopic (exact) mass is 450 g/mol. The zero-order valence-corrected chi connectivity index (χ0v) is 18.7. The number of aromatic amines is 1. The van der Waals surface area contributed by atoms with Gasteiger partial charge in [0.2, 0.25) is 5.13 Å². The van der Waals surface area contributed by atoms with E-state index >= 15 is 0 Å². The number of fused-ring (bicyclic) bond motifs is 1. The molecule has 0 saturated carbocycles. The summed E-state index contributed by atoms with van der Waals surface area (Å²) in [5.41, 5.74) is 2.66. The van der Waals surface area contributed by atoms with Gasteiger partial charge >= 0.3 is 5.97 Å². The van der Waals surface area contributed by atoms with Crippen molar-refractivity contribution < 1.29 is 14.3 Å². The SMILES string of the molecule is COC(=O)Cc1[nH]n(-c2nc3ccccc3s2)c(=O)c1C(C)=NCc1ccccc1OC. The van der Waals surface area contributed by atoms with Gasteiger partial charge in [0.05, 0.1) is 48.7 Å². The predicted molar refractivity (Wildman–Crippen MR) is 124 cm³/mol. The summed E-state index contributed by atoms with van der Waals surface area (Å²) in [5, 5.41) is 3.53. The van der Waals surface area contributed by atoms with Crippen LogP contribution in [0.3, 0.4) is 0 Å². The number of hydrogen-bond acceptors (Lipinski definition) is 7. The van der Waals surface area contributed by atoms with Crippen LogP contribution in [-0.2, 0) is 22.5 Å². The van der Waals surface area contributed by atoms with Gasteiger partial charge in [-0.1, -0.05) is 41.7 Å². The topological polar surface area (TPSA) is 98.6 Å². The zero-order chi connectivity index (χ0) is 22.7. The lowest BCUT2D eigenvalue weighted by molar-refractivity contribution is -0.139. The summed E-state index contributed by atoms with van der Waals surface area (Å²) < 4.78 is 12.5. The normalized spacial score (nSPS) is 11.7. The summed E-state index contributed by atoms with van der Waals surface area (Å²) in [6, 6.07) is 15.2. The summed E-state index contributed by atoms with van der Waals surface area (Å²) >= 11 is 1.39. The maximum Gasteiger partial charge on any atom is 0.311 e. The van der Waals surface area contributed by atoms with Crippen LogP contribution in [0.2, 0.25) is 0 Å². The first-order valence-electron chi connectivity index (χ1n) is 9.91. The Balaban J connectivity index is 1.77. The Morgan fingerprint density at radius 1 is 1.16 bits per heavy atom. The molecule has 1 N–H and O–H groups in total. The number of aliphatic imine (C=N–C) groups is 1. The van der Waals surface area contributed by atoms with E-state index in [-0.39, 0.29) is 12.0 Å². The highest BCUT2D eigenvalue weighted by atomic mass is 32.1. The van der Waals surface area contributed by atoms with E-state index in [1.54, 1.807) is 14.0 Å². The number of esters is 1. The third kappa shape index (κ3) is 4.19. The molecular weight excluding hydrogens is 428 g/mol. The van der Waals surface area contributed by atoms with Crippen molar-refractivity contribution in [3.63, 3.8) is 0 Å². The van der Waals surface area contributed by atoms with E-state index in [1.165, 1.54) is 23.1 Å². The molecule has 8 nitrogen and oxygen atoms in total. The van der Waals surface area contributed by atoms with E-state index in [1.807, 2.05) is 48.5 Å². The van der Waals surface area contributed by atoms with Crippen molar-refractivity contribution in [3.8, 4) is 10.9 Å². The fourth-order valence-electron chi connectivity index (χ4n) is 3.41. The first-order valence-corrected chi connectivity index (χ1v) is 10.7. The second kappa shape index (κ2) is 9.19. The quantitative estimate of drug-likeness (QED) is 0.343. The van der Waals surface area contributed by atoms with Gasteiger partial charge in [-0.05, 0) is 25.1 Å². The van der Waals surface area contributed by atoms with E-state index in [4.69, 9.17) is 9.47 Å². The van der Waals surface area contributed by atoms with Crippen molar-refractivity contribution in [1.82, 2.24) is 14.8 Å². The number of benzene rings is 2. The molecule has 2 heterocycles. The molecule has 0 amide bonds. The van der Waals surface area contributed by atoms with E-state index in [0.29, 0.717) is 28.6 Å². The lowest BCUT2D eigenvalue weighted by Crippen LogP contribution is -2.20. The summed E-state index contributed by atoms with van der Waals surface area (Å²) in [6.45, 7) is 2.09.